The fraction of sp³-hybridized carbons (Fsp3) is 0.167. The zero-order valence-corrected chi connectivity index (χ0v) is 17.2. The standard InChI is InChI=1S/C24H19ClF2N2O2/c25-18-10-8-17(9-11-18)23-13-20(31-28-23)15-29(14-16-4-3-5-19(26)12-16)24(30)21-6-1-2-7-22(21)27/h1-12,20H,13-15H2/t20-/m1/s1. The minimum Gasteiger partial charge on any atom is -0.390 e. The second-order valence-electron chi connectivity index (χ2n) is 7.27. The smallest absolute Gasteiger partial charge is 0.257 e. The first kappa shape index (κ1) is 21.0. The summed E-state index contributed by atoms with van der Waals surface area (Å²) in [5.74, 6) is -1.51. The lowest BCUT2D eigenvalue weighted by Gasteiger charge is -2.25. The van der Waals surface area contributed by atoms with Crippen molar-refractivity contribution in [2.75, 3.05) is 6.54 Å². The van der Waals surface area contributed by atoms with Gasteiger partial charge in [-0.2, -0.15) is 0 Å². The van der Waals surface area contributed by atoms with Crippen molar-refractivity contribution < 1.29 is 18.4 Å². The van der Waals surface area contributed by atoms with Crippen molar-refractivity contribution in [3.63, 3.8) is 0 Å². The van der Waals surface area contributed by atoms with Crippen molar-refractivity contribution in [3.8, 4) is 0 Å². The molecule has 0 aromatic heterocycles. The fourth-order valence-corrected chi connectivity index (χ4v) is 3.59. The van der Waals surface area contributed by atoms with Crippen molar-refractivity contribution in [2.45, 2.75) is 19.1 Å². The van der Waals surface area contributed by atoms with Gasteiger partial charge < -0.3 is 9.74 Å². The number of carbonyl (C=O) groups excluding carboxylic acids is 1. The third-order valence-electron chi connectivity index (χ3n) is 4.99. The Labute approximate surface area is 183 Å². The van der Waals surface area contributed by atoms with Gasteiger partial charge in [0.15, 0.2) is 6.10 Å². The maximum absolute atomic E-state index is 14.3. The zero-order valence-electron chi connectivity index (χ0n) is 16.5. The van der Waals surface area contributed by atoms with Crippen LogP contribution in [0, 0.1) is 11.6 Å². The van der Waals surface area contributed by atoms with Crippen LogP contribution in [0.5, 0.6) is 0 Å². The van der Waals surface area contributed by atoms with Crippen LogP contribution in [-0.4, -0.2) is 29.2 Å². The Hall–Kier alpha value is -3.25. The third-order valence-corrected chi connectivity index (χ3v) is 5.24. The van der Waals surface area contributed by atoms with Crippen LogP contribution in [0.1, 0.15) is 27.9 Å². The summed E-state index contributed by atoms with van der Waals surface area (Å²) in [5.41, 5.74) is 2.17. The lowest BCUT2D eigenvalue weighted by molar-refractivity contribution is 0.0402. The van der Waals surface area contributed by atoms with Gasteiger partial charge in [-0.25, -0.2) is 8.78 Å². The molecule has 4 rings (SSSR count). The van der Waals surface area contributed by atoms with E-state index in [0.29, 0.717) is 17.0 Å². The second-order valence-corrected chi connectivity index (χ2v) is 7.71. The lowest BCUT2D eigenvalue weighted by Crippen LogP contribution is -2.37. The van der Waals surface area contributed by atoms with Crippen molar-refractivity contribution in [1.82, 2.24) is 4.90 Å². The number of hydrogen-bond donors (Lipinski definition) is 0. The minimum atomic E-state index is -0.609. The van der Waals surface area contributed by atoms with Crippen LogP contribution >= 0.6 is 11.6 Å². The molecule has 1 aliphatic rings. The summed E-state index contributed by atoms with van der Waals surface area (Å²) in [6.45, 7) is 0.283. The van der Waals surface area contributed by atoms with Gasteiger partial charge >= 0.3 is 0 Å². The van der Waals surface area contributed by atoms with E-state index in [2.05, 4.69) is 5.16 Å². The van der Waals surface area contributed by atoms with Crippen molar-refractivity contribution in [1.29, 1.82) is 0 Å². The molecule has 1 aliphatic heterocycles. The molecule has 1 amide bonds. The molecule has 0 saturated heterocycles. The van der Waals surface area contributed by atoms with Gasteiger partial charge in [0.05, 0.1) is 17.8 Å². The topological polar surface area (TPSA) is 41.9 Å². The first-order chi connectivity index (χ1) is 15.0. The number of hydrogen-bond acceptors (Lipinski definition) is 3. The number of oxime groups is 1. The summed E-state index contributed by atoms with van der Waals surface area (Å²) in [4.78, 5) is 20.1. The van der Waals surface area contributed by atoms with E-state index in [4.69, 9.17) is 16.4 Å². The maximum Gasteiger partial charge on any atom is 0.257 e. The molecule has 31 heavy (non-hydrogen) atoms. The fourth-order valence-electron chi connectivity index (χ4n) is 3.46. The van der Waals surface area contributed by atoms with Crippen LogP contribution < -0.4 is 0 Å². The summed E-state index contributed by atoms with van der Waals surface area (Å²) < 4.78 is 27.9. The monoisotopic (exact) mass is 440 g/mol. The number of benzene rings is 3. The Morgan fingerprint density at radius 2 is 1.84 bits per heavy atom. The highest BCUT2D eigenvalue weighted by molar-refractivity contribution is 6.30. The van der Waals surface area contributed by atoms with E-state index in [1.165, 1.54) is 35.2 Å². The molecule has 0 aliphatic carbocycles. The van der Waals surface area contributed by atoms with E-state index in [9.17, 15) is 13.6 Å². The van der Waals surface area contributed by atoms with Gasteiger partial charge in [-0.3, -0.25) is 4.79 Å². The number of amides is 1. The number of carbonyl (C=O) groups is 1. The van der Waals surface area contributed by atoms with E-state index in [1.807, 2.05) is 12.1 Å². The molecule has 0 radical (unpaired) electrons. The predicted octanol–water partition coefficient (Wildman–Crippen LogP) is 5.45. The molecule has 1 heterocycles. The van der Waals surface area contributed by atoms with E-state index in [1.54, 1.807) is 30.3 Å². The van der Waals surface area contributed by atoms with E-state index in [-0.39, 0.29) is 18.7 Å². The molecule has 4 nitrogen and oxygen atoms in total. The molecule has 0 fully saturated rings. The van der Waals surface area contributed by atoms with Crippen molar-refractivity contribution >= 4 is 23.2 Å². The highest BCUT2D eigenvalue weighted by Gasteiger charge is 2.28. The average Bonchev–Trinajstić information content (AvgIpc) is 3.22. The zero-order chi connectivity index (χ0) is 21.8. The molecular weight excluding hydrogens is 422 g/mol. The summed E-state index contributed by atoms with van der Waals surface area (Å²) in [7, 11) is 0. The third kappa shape index (κ3) is 5.09. The van der Waals surface area contributed by atoms with Gasteiger partial charge in [-0.15, -0.1) is 0 Å². The molecule has 3 aromatic carbocycles. The average molecular weight is 441 g/mol. The molecule has 0 bridgehead atoms. The molecule has 0 saturated carbocycles. The van der Waals surface area contributed by atoms with Gasteiger partial charge in [-0.05, 0) is 47.5 Å². The van der Waals surface area contributed by atoms with Crippen LogP contribution in [0.2, 0.25) is 5.02 Å². The lowest BCUT2D eigenvalue weighted by atomic mass is 10.0. The summed E-state index contributed by atoms with van der Waals surface area (Å²) in [6, 6.07) is 19.0. The van der Waals surface area contributed by atoms with Gasteiger partial charge in [0, 0.05) is 18.0 Å². The Bertz CT molecular complexity index is 1120. The molecular formula is C24H19ClF2N2O2. The van der Waals surface area contributed by atoms with E-state index >= 15 is 0 Å². The predicted molar refractivity (Wildman–Crippen MR) is 115 cm³/mol. The van der Waals surface area contributed by atoms with Crippen molar-refractivity contribution in [3.05, 3.63) is 106 Å². The van der Waals surface area contributed by atoms with Crippen LogP contribution in [0.25, 0.3) is 0 Å². The Balaban J connectivity index is 1.53. The molecule has 0 spiro atoms. The minimum absolute atomic E-state index is 0.0456. The highest BCUT2D eigenvalue weighted by atomic mass is 35.5. The molecule has 0 N–H and O–H groups in total. The summed E-state index contributed by atoms with van der Waals surface area (Å²) >= 11 is 5.94. The maximum atomic E-state index is 14.3. The number of rotatable bonds is 6. The van der Waals surface area contributed by atoms with Crippen molar-refractivity contribution in [2.24, 2.45) is 5.16 Å². The largest absolute Gasteiger partial charge is 0.390 e. The van der Waals surface area contributed by atoms with Gasteiger partial charge in [-0.1, -0.05) is 53.2 Å². The van der Waals surface area contributed by atoms with Crippen LogP contribution in [0.3, 0.4) is 0 Å². The van der Waals surface area contributed by atoms with Crippen LogP contribution in [0.4, 0.5) is 8.78 Å². The number of nitrogens with zero attached hydrogens (tertiary/aromatic N) is 2. The molecule has 1 atom stereocenters. The number of halogens is 3. The first-order valence-electron chi connectivity index (χ1n) is 9.76. The molecule has 158 valence electrons. The molecule has 7 heteroatoms. The second kappa shape index (κ2) is 9.27. The quantitative estimate of drug-likeness (QED) is 0.511. The van der Waals surface area contributed by atoms with Crippen LogP contribution in [-0.2, 0) is 11.4 Å². The Morgan fingerprint density at radius 3 is 2.58 bits per heavy atom. The normalized spacial score (nSPS) is 15.3. The van der Waals surface area contributed by atoms with E-state index < -0.39 is 23.6 Å². The SMILES string of the molecule is O=C(c1ccccc1F)N(Cc1cccc(F)c1)C[C@H]1CC(c2ccc(Cl)cc2)=NO1. The first-order valence-corrected chi connectivity index (χ1v) is 10.1. The Morgan fingerprint density at radius 1 is 1.06 bits per heavy atom. The summed E-state index contributed by atoms with van der Waals surface area (Å²) in [6.07, 6.45) is 0.0706. The molecule has 0 unspecified atom stereocenters. The van der Waals surface area contributed by atoms with Crippen LogP contribution in [0.15, 0.2) is 78.0 Å². The van der Waals surface area contributed by atoms with Gasteiger partial charge in [0.2, 0.25) is 0 Å². The highest BCUT2D eigenvalue weighted by Crippen LogP contribution is 2.22. The Kier molecular flexibility index (Phi) is 6.28. The molecule has 3 aromatic rings. The van der Waals surface area contributed by atoms with Gasteiger partial charge in [0.1, 0.15) is 11.6 Å². The van der Waals surface area contributed by atoms with Gasteiger partial charge in [0.25, 0.3) is 5.91 Å². The van der Waals surface area contributed by atoms with E-state index in [0.717, 1.165) is 11.3 Å². The summed E-state index contributed by atoms with van der Waals surface area (Å²) in [5, 5.41) is 4.76.